The molecule has 0 aliphatic heterocycles. The van der Waals surface area contributed by atoms with Crippen molar-refractivity contribution in [3.63, 3.8) is 0 Å². The highest BCUT2D eigenvalue weighted by Crippen LogP contribution is 2.33. The molecule has 28 heavy (non-hydrogen) atoms. The Bertz CT molecular complexity index is 1110. The lowest BCUT2D eigenvalue weighted by molar-refractivity contribution is 0.624. The highest BCUT2D eigenvalue weighted by molar-refractivity contribution is 6.34. The highest BCUT2D eigenvalue weighted by Gasteiger charge is 2.18. The van der Waals surface area contributed by atoms with Gasteiger partial charge in [-0.25, -0.2) is 14.3 Å². The number of fused-ring (bicyclic) bond motifs is 1. The summed E-state index contributed by atoms with van der Waals surface area (Å²) in [6.45, 7) is 10.7. The second-order valence-corrected chi connectivity index (χ2v) is 6.67. The quantitative estimate of drug-likeness (QED) is 0.521. The Kier molecular flexibility index (Phi) is 5.82. The van der Waals surface area contributed by atoms with E-state index in [-0.39, 0.29) is 17.1 Å². The predicted molar refractivity (Wildman–Crippen MR) is 110 cm³/mol. The molecule has 0 spiro atoms. The number of nitrogens with one attached hydrogen (secondary N) is 1. The van der Waals surface area contributed by atoms with Gasteiger partial charge in [-0.05, 0) is 32.4 Å². The monoisotopic (exact) mass is 400 g/mol. The van der Waals surface area contributed by atoms with E-state index in [4.69, 9.17) is 29.6 Å². The van der Waals surface area contributed by atoms with Gasteiger partial charge in [0.1, 0.15) is 16.7 Å². The molecule has 0 amide bonds. The van der Waals surface area contributed by atoms with Gasteiger partial charge in [0.05, 0.1) is 12.3 Å². The van der Waals surface area contributed by atoms with E-state index in [9.17, 15) is 4.79 Å². The summed E-state index contributed by atoms with van der Waals surface area (Å²) in [5.74, 6) is 0.488. The minimum atomic E-state index is -0.0412. The van der Waals surface area contributed by atoms with Crippen LogP contribution in [-0.4, -0.2) is 32.3 Å². The average Bonchev–Trinajstić information content (AvgIpc) is 2.97. The Morgan fingerprint density at radius 3 is 2.93 bits per heavy atom. The second kappa shape index (κ2) is 8.29. The van der Waals surface area contributed by atoms with Crippen LogP contribution in [0.25, 0.3) is 10.5 Å². The van der Waals surface area contributed by atoms with Crippen molar-refractivity contribution in [1.29, 1.82) is 0 Å². The molecular weight excluding hydrogens is 380 g/mol. The SMILES string of the molecule is [C-]#[N+]c1c(NCCc2cccn(CCCN)c2=O)nc2c(Cl)c(C)nn2c1N. The molecule has 3 heterocycles. The fourth-order valence-corrected chi connectivity index (χ4v) is 3.06. The first-order chi connectivity index (χ1) is 13.5. The van der Waals surface area contributed by atoms with Crippen LogP contribution < -0.4 is 22.3 Å². The smallest absolute Gasteiger partial charge is 0.268 e. The number of halogens is 1. The zero-order valence-electron chi connectivity index (χ0n) is 15.4. The van der Waals surface area contributed by atoms with Crippen LogP contribution in [0.3, 0.4) is 0 Å². The molecule has 0 aliphatic carbocycles. The van der Waals surface area contributed by atoms with Crippen LogP contribution in [0.15, 0.2) is 23.1 Å². The molecule has 9 nitrogen and oxygen atoms in total. The van der Waals surface area contributed by atoms with Crippen molar-refractivity contribution < 1.29 is 0 Å². The Morgan fingerprint density at radius 1 is 1.43 bits per heavy atom. The number of aryl methyl sites for hydroxylation is 2. The standard InChI is InChI=1S/C18H21ClN8O/c1-11-13(19)17-24-16(14(22-2)15(21)27(17)25-11)23-8-6-12-5-3-9-26(18(12)28)10-4-7-20/h3,5,9H,4,6-8,10,20-21H2,1H3,(H,23,24). The number of nitrogens with zero attached hydrogens (tertiary/aromatic N) is 5. The third-order valence-corrected chi connectivity index (χ3v) is 4.82. The molecule has 0 saturated carbocycles. The number of hydrogen-bond donors (Lipinski definition) is 3. The van der Waals surface area contributed by atoms with Crippen LogP contribution >= 0.6 is 11.6 Å². The molecule has 0 fully saturated rings. The maximum atomic E-state index is 12.5. The van der Waals surface area contributed by atoms with E-state index >= 15 is 0 Å². The van der Waals surface area contributed by atoms with E-state index in [1.54, 1.807) is 23.8 Å². The van der Waals surface area contributed by atoms with Crippen molar-refractivity contribution in [2.45, 2.75) is 26.3 Å². The molecule has 0 aliphatic rings. The maximum Gasteiger partial charge on any atom is 0.268 e. The number of hydrogen-bond acceptors (Lipinski definition) is 6. The zero-order valence-corrected chi connectivity index (χ0v) is 16.2. The van der Waals surface area contributed by atoms with Crippen molar-refractivity contribution in [1.82, 2.24) is 19.2 Å². The normalized spacial score (nSPS) is 10.9. The van der Waals surface area contributed by atoms with Gasteiger partial charge in [0.2, 0.25) is 0 Å². The molecule has 3 aromatic rings. The third-order valence-electron chi connectivity index (χ3n) is 4.38. The van der Waals surface area contributed by atoms with Crippen molar-refractivity contribution in [2.24, 2.45) is 5.73 Å². The highest BCUT2D eigenvalue weighted by atomic mass is 35.5. The summed E-state index contributed by atoms with van der Waals surface area (Å²) < 4.78 is 3.02. The van der Waals surface area contributed by atoms with Gasteiger partial charge in [-0.2, -0.15) is 5.10 Å². The molecule has 146 valence electrons. The molecule has 0 bridgehead atoms. The number of rotatable bonds is 7. The number of nitrogen functional groups attached to an aromatic ring is 1. The zero-order chi connectivity index (χ0) is 20.3. The summed E-state index contributed by atoms with van der Waals surface area (Å²) in [4.78, 5) is 20.4. The van der Waals surface area contributed by atoms with Gasteiger partial charge < -0.3 is 21.4 Å². The third kappa shape index (κ3) is 3.65. The van der Waals surface area contributed by atoms with E-state index in [0.29, 0.717) is 53.8 Å². The van der Waals surface area contributed by atoms with Crippen LogP contribution in [0.2, 0.25) is 5.02 Å². The number of nitrogens with two attached hydrogens (primary N) is 2. The largest absolute Gasteiger partial charge is 0.392 e. The molecule has 3 aromatic heterocycles. The van der Waals surface area contributed by atoms with Crippen molar-refractivity contribution >= 4 is 34.6 Å². The fraction of sp³-hybridized carbons (Fsp3) is 0.333. The summed E-state index contributed by atoms with van der Waals surface area (Å²) in [6, 6.07) is 3.63. The molecule has 10 heteroatoms. The molecule has 3 rings (SSSR count). The first-order valence-corrected chi connectivity index (χ1v) is 9.19. The molecule has 0 saturated heterocycles. The first kappa shape index (κ1) is 19.7. The van der Waals surface area contributed by atoms with E-state index in [0.717, 1.165) is 6.42 Å². The maximum absolute atomic E-state index is 12.5. The first-order valence-electron chi connectivity index (χ1n) is 8.82. The van der Waals surface area contributed by atoms with Gasteiger partial charge in [-0.15, -0.1) is 0 Å². The molecular formula is C18H21ClN8O. The average molecular weight is 401 g/mol. The predicted octanol–water partition coefficient (Wildman–Crippen LogP) is 1.99. The van der Waals surface area contributed by atoms with Crippen LogP contribution in [0.4, 0.5) is 17.3 Å². The number of anilines is 2. The number of pyridine rings is 1. The van der Waals surface area contributed by atoms with Gasteiger partial charge in [-0.3, -0.25) is 4.79 Å². The summed E-state index contributed by atoms with van der Waals surface area (Å²) in [6.07, 6.45) is 2.97. The topological polar surface area (TPSA) is 121 Å². The minimum Gasteiger partial charge on any atom is -0.392 e. The lowest BCUT2D eigenvalue weighted by Crippen LogP contribution is -2.25. The van der Waals surface area contributed by atoms with Gasteiger partial charge in [-0.1, -0.05) is 17.7 Å². The van der Waals surface area contributed by atoms with Crippen molar-refractivity contribution in [3.05, 3.63) is 56.4 Å². The summed E-state index contributed by atoms with van der Waals surface area (Å²) in [5, 5.41) is 7.69. The Morgan fingerprint density at radius 2 is 2.21 bits per heavy atom. The van der Waals surface area contributed by atoms with Gasteiger partial charge in [0, 0.05) is 24.8 Å². The summed E-state index contributed by atoms with van der Waals surface area (Å²) in [7, 11) is 0. The van der Waals surface area contributed by atoms with Gasteiger partial charge in [0.15, 0.2) is 5.65 Å². The van der Waals surface area contributed by atoms with E-state index < -0.39 is 0 Å². The summed E-state index contributed by atoms with van der Waals surface area (Å²) >= 11 is 6.23. The van der Waals surface area contributed by atoms with Crippen molar-refractivity contribution in [3.8, 4) is 0 Å². The van der Waals surface area contributed by atoms with Crippen LogP contribution in [0.1, 0.15) is 17.7 Å². The van der Waals surface area contributed by atoms with Crippen LogP contribution in [-0.2, 0) is 13.0 Å². The van der Waals surface area contributed by atoms with Crippen LogP contribution in [0, 0.1) is 13.5 Å². The lowest BCUT2D eigenvalue weighted by Gasteiger charge is -2.11. The van der Waals surface area contributed by atoms with Crippen LogP contribution in [0.5, 0.6) is 0 Å². The molecule has 0 atom stereocenters. The van der Waals surface area contributed by atoms with E-state index in [1.807, 2.05) is 6.07 Å². The molecule has 0 radical (unpaired) electrons. The minimum absolute atomic E-state index is 0.0412. The van der Waals surface area contributed by atoms with E-state index in [1.165, 1.54) is 4.52 Å². The number of aromatic nitrogens is 4. The van der Waals surface area contributed by atoms with E-state index in [2.05, 4.69) is 20.2 Å². The second-order valence-electron chi connectivity index (χ2n) is 6.29. The summed E-state index contributed by atoms with van der Waals surface area (Å²) in [5.41, 5.74) is 13.3. The Hall–Kier alpha value is -3.09. The molecule has 0 unspecified atom stereocenters. The molecule has 5 N–H and O–H groups in total. The lowest BCUT2D eigenvalue weighted by atomic mass is 10.2. The van der Waals surface area contributed by atoms with Crippen molar-refractivity contribution in [2.75, 3.05) is 24.1 Å². The van der Waals surface area contributed by atoms with Gasteiger partial charge >= 0.3 is 0 Å². The Labute approximate surface area is 166 Å². The van der Waals surface area contributed by atoms with Gasteiger partial charge in [0.25, 0.3) is 11.2 Å². The molecule has 0 aromatic carbocycles. The fourth-order valence-electron chi connectivity index (χ4n) is 2.90. The Balaban J connectivity index is 1.82.